The standard InChI is InChI=1S/C22H24IN3O5/c1-31-20-17(18(27)19(20)28)25-10-3-5-16(25)22(30)26-11-2-4-15(26)21(29)24-12-13-6-8-14(23)9-7-13/h6-9,15-16H,2-5,10-12H2,1H3,(H,24,29)/t15-,16-/m0/s1. The fourth-order valence-corrected chi connectivity index (χ4v) is 4.86. The maximum absolute atomic E-state index is 13.4. The van der Waals surface area contributed by atoms with E-state index < -0.39 is 22.9 Å². The van der Waals surface area contributed by atoms with Crippen LogP contribution in [0.3, 0.4) is 0 Å². The minimum atomic E-state index is -0.648. The largest absolute Gasteiger partial charge is 0.491 e. The number of likely N-dealkylation sites (tertiary alicyclic amines) is 1. The predicted octanol–water partition coefficient (Wildman–Crippen LogP) is 1.17. The third-order valence-electron chi connectivity index (χ3n) is 6.09. The van der Waals surface area contributed by atoms with Gasteiger partial charge < -0.3 is 19.9 Å². The van der Waals surface area contributed by atoms with Crippen molar-refractivity contribution < 1.29 is 14.3 Å². The normalized spacial score (nSPS) is 21.0. The Kier molecular flexibility index (Phi) is 6.31. The zero-order valence-corrected chi connectivity index (χ0v) is 19.4. The molecule has 2 aromatic rings. The van der Waals surface area contributed by atoms with E-state index in [4.69, 9.17) is 4.74 Å². The molecule has 0 spiro atoms. The van der Waals surface area contributed by atoms with E-state index in [1.165, 1.54) is 7.11 Å². The Morgan fingerprint density at radius 2 is 1.74 bits per heavy atom. The van der Waals surface area contributed by atoms with Crippen LogP contribution in [-0.4, -0.2) is 49.0 Å². The van der Waals surface area contributed by atoms with Crippen LogP contribution >= 0.6 is 22.6 Å². The van der Waals surface area contributed by atoms with Crippen LogP contribution in [0, 0.1) is 3.57 Å². The Labute approximate surface area is 193 Å². The first-order valence-corrected chi connectivity index (χ1v) is 11.5. The van der Waals surface area contributed by atoms with Crippen molar-refractivity contribution in [1.82, 2.24) is 10.2 Å². The van der Waals surface area contributed by atoms with Crippen molar-refractivity contribution in [1.29, 1.82) is 0 Å². The predicted molar refractivity (Wildman–Crippen MR) is 124 cm³/mol. The molecule has 2 aliphatic rings. The van der Waals surface area contributed by atoms with Crippen LogP contribution in [0.4, 0.5) is 5.69 Å². The molecule has 0 radical (unpaired) electrons. The minimum Gasteiger partial charge on any atom is -0.491 e. The molecule has 31 heavy (non-hydrogen) atoms. The summed E-state index contributed by atoms with van der Waals surface area (Å²) in [5, 5.41) is 2.94. The number of carbonyl (C=O) groups is 2. The number of anilines is 1. The van der Waals surface area contributed by atoms with Crippen molar-refractivity contribution >= 4 is 40.1 Å². The molecule has 1 N–H and O–H groups in total. The van der Waals surface area contributed by atoms with E-state index in [0.717, 1.165) is 22.0 Å². The highest BCUT2D eigenvalue weighted by molar-refractivity contribution is 14.1. The number of nitrogens with one attached hydrogen (secondary N) is 1. The number of halogens is 1. The van der Waals surface area contributed by atoms with E-state index in [-0.39, 0.29) is 23.3 Å². The van der Waals surface area contributed by atoms with Gasteiger partial charge in [0.05, 0.1) is 7.11 Å². The summed E-state index contributed by atoms with van der Waals surface area (Å²) in [4.78, 5) is 53.3. The Bertz CT molecular complexity index is 1060. The fourth-order valence-electron chi connectivity index (χ4n) is 4.50. The van der Waals surface area contributed by atoms with E-state index in [1.807, 2.05) is 24.3 Å². The van der Waals surface area contributed by atoms with Gasteiger partial charge in [0, 0.05) is 23.2 Å². The topological polar surface area (TPSA) is 96.0 Å². The van der Waals surface area contributed by atoms with Crippen LogP contribution in [0.25, 0.3) is 0 Å². The van der Waals surface area contributed by atoms with Gasteiger partial charge in [0.1, 0.15) is 17.8 Å². The lowest BCUT2D eigenvalue weighted by atomic mass is 10.1. The smallest absolute Gasteiger partial charge is 0.272 e. The Morgan fingerprint density at radius 1 is 1.06 bits per heavy atom. The first kappa shape index (κ1) is 21.8. The second-order valence-electron chi connectivity index (χ2n) is 7.93. The monoisotopic (exact) mass is 537 g/mol. The molecule has 8 nitrogen and oxygen atoms in total. The first-order chi connectivity index (χ1) is 14.9. The van der Waals surface area contributed by atoms with Crippen LogP contribution in [0.15, 0.2) is 33.9 Å². The molecule has 0 aliphatic carbocycles. The fraction of sp³-hybridized carbons (Fsp3) is 0.455. The first-order valence-electron chi connectivity index (χ1n) is 10.4. The minimum absolute atomic E-state index is 0.0259. The molecule has 2 amide bonds. The number of methoxy groups -OCH3 is 1. The molecule has 0 bridgehead atoms. The molecule has 2 atom stereocenters. The van der Waals surface area contributed by atoms with E-state index >= 15 is 0 Å². The van der Waals surface area contributed by atoms with E-state index in [2.05, 4.69) is 27.9 Å². The highest BCUT2D eigenvalue weighted by atomic mass is 127. The van der Waals surface area contributed by atoms with Gasteiger partial charge in [-0.3, -0.25) is 19.2 Å². The molecule has 2 fully saturated rings. The van der Waals surface area contributed by atoms with Crippen molar-refractivity contribution in [3.63, 3.8) is 0 Å². The van der Waals surface area contributed by atoms with Crippen LogP contribution < -0.4 is 25.8 Å². The maximum Gasteiger partial charge on any atom is 0.272 e. The van der Waals surface area contributed by atoms with Crippen LogP contribution in [0.2, 0.25) is 0 Å². The van der Waals surface area contributed by atoms with E-state index in [9.17, 15) is 19.2 Å². The van der Waals surface area contributed by atoms with Gasteiger partial charge in [-0.25, -0.2) is 0 Å². The number of benzene rings is 1. The van der Waals surface area contributed by atoms with Gasteiger partial charge in [0.15, 0.2) is 5.75 Å². The second-order valence-corrected chi connectivity index (χ2v) is 9.17. The Morgan fingerprint density at radius 3 is 2.45 bits per heavy atom. The molecule has 4 rings (SSSR count). The second kappa shape index (κ2) is 8.97. The number of hydrogen-bond acceptors (Lipinski definition) is 6. The SMILES string of the molecule is COc1c(N2CCC[C@H]2C(=O)N2CCC[C@H]2C(=O)NCc2ccc(I)cc2)c(=O)c1=O. The molecule has 9 heteroatoms. The molecule has 0 aromatic heterocycles. The third kappa shape index (κ3) is 4.07. The van der Waals surface area contributed by atoms with E-state index in [0.29, 0.717) is 32.5 Å². The molecule has 0 saturated carbocycles. The lowest BCUT2D eigenvalue weighted by Crippen LogP contribution is -2.53. The zero-order chi connectivity index (χ0) is 22.1. The average Bonchev–Trinajstić information content (AvgIpc) is 3.45. The molecule has 0 unspecified atom stereocenters. The molecular weight excluding hydrogens is 513 g/mol. The van der Waals surface area contributed by atoms with E-state index in [1.54, 1.807) is 9.80 Å². The Hall–Kier alpha value is -2.43. The van der Waals surface area contributed by atoms with Gasteiger partial charge in [-0.15, -0.1) is 0 Å². The number of amides is 2. The quantitative estimate of drug-likeness (QED) is 0.440. The van der Waals surface area contributed by atoms with Crippen molar-refractivity contribution in [2.75, 3.05) is 25.1 Å². The van der Waals surface area contributed by atoms with Gasteiger partial charge in [0.25, 0.3) is 10.9 Å². The van der Waals surface area contributed by atoms with Gasteiger partial charge >= 0.3 is 0 Å². The van der Waals surface area contributed by atoms with Gasteiger partial charge in [0.2, 0.25) is 11.8 Å². The lowest BCUT2D eigenvalue weighted by molar-refractivity contribution is -0.139. The molecule has 2 saturated heterocycles. The van der Waals surface area contributed by atoms with Crippen molar-refractivity contribution in [3.8, 4) is 5.75 Å². The van der Waals surface area contributed by atoms with Crippen molar-refractivity contribution in [3.05, 3.63) is 53.8 Å². The molecule has 2 aliphatic heterocycles. The molecule has 2 heterocycles. The maximum atomic E-state index is 13.4. The number of carbonyl (C=O) groups excluding carboxylic acids is 2. The van der Waals surface area contributed by atoms with Gasteiger partial charge in [-0.2, -0.15) is 0 Å². The van der Waals surface area contributed by atoms with Gasteiger partial charge in [-0.1, -0.05) is 12.1 Å². The molecular formula is C22H24IN3O5. The third-order valence-corrected chi connectivity index (χ3v) is 6.81. The zero-order valence-electron chi connectivity index (χ0n) is 17.2. The van der Waals surface area contributed by atoms with Crippen molar-refractivity contribution in [2.24, 2.45) is 0 Å². The summed E-state index contributed by atoms with van der Waals surface area (Å²) in [6, 6.07) is 6.83. The van der Waals surface area contributed by atoms with Crippen LogP contribution in [0.1, 0.15) is 31.2 Å². The summed E-state index contributed by atoms with van der Waals surface area (Å²) in [5.41, 5.74) is -0.0597. The summed E-state index contributed by atoms with van der Waals surface area (Å²) < 4.78 is 6.19. The number of nitrogens with zero attached hydrogens (tertiary/aromatic N) is 2. The van der Waals surface area contributed by atoms with Gasteiger partial charge in [-0.05, 0) is 66.0 Å². The summed E-state index contributed by atoms with van der Waals surface area (Å²) in [5.74, 6) is -0.307. The molecule has 2 aromatic carbocycles. The number of rotatable bonds is 6. The lowest BCUT2D eigenvalue weighted by Gasteiger charge is -2.32. The number of hydrogen-bond donors (Lipinski definition) is 1. The Balaban J connectivity index is 1.45. The average molecular weight is 537 g/mol. The summed E-state index contributed by atoms with van der Waals surface area (Å²) in [7, 11) is 1.35. The highest BCUT2D eigenvalue weighted by Crippen LogP contribution is 2.32. The number of ether oxygens (including phenoxy) is 1. The molecule has 164 valence electrons. The van der Waals surface area contributed by atoms with Crippen LogP contribution in [-0.2, 0) is 16.1 Å². The summed E-state index contributed by atoms with van der Waals surface area (Å²) in [6.45, 7) is 1.42. The van der Waals surface area contributed by atoms with Crippen LogP contribution in [0.5, 0.6) is 5.75 Å². The van der Waals surface area contributed by atoms with Crippen molar-refractivity contribution in [2.45, 2.75) is 44.3 Å². The highest BCUT2D eigenvalue weighted by Gasteiger charge is 2.43. The summed E-state index contributed by atoms with van der Waals surface area (Å²) in [6.07, 6.45) is 2.67. The summed E-state index contributed by atoms with van der Waals surface area (Å²) >= 11 is 2.23.